The average Bonchev–Trinajstić information content (AvgIpc) is 2.32. The highest BCUT2D eigenvalue weighted by atomic mass is 32.1. The van der Waals surface area contributed by atoms with Gasteiger partial charge in [0.25, 0.3) is 0 Å². The van der Waals surface area contributed by atoms with Crippen LogP contribution in [0.5, 0.6) is 0 Å². The van der Waals surface area contributed by atoms with Crippen LogP contribution in [0.2, 0.25) is 0 Å². The molecule has 2 saturated heterocycles. The van der Waals surface area contributed by atoms with Crippen LogP contribution in [0.1, 0.15) is 12.8 Å². The maximum atomic E-state index is 5.44. The highest BCUT2D eigenvalue weighted by molar-refractivity contribution is 7.80. The number of ether oxygens (including phenoxy) is 2. The summed E-state index contributed by atoms with van der Waals surface area (Å²) in [6, 6.07) is 0. The molecular weight excluding hydrogens is 210 g/mol. The first-order valence-corrected chi connectivity index (χ1v) is 6.47. The molecule has 0 radical (unpaired) electrons. The first kappa shape index (κ1) is 11.7. The minimum absolute atomic E-state index is 0.388. The lowest BCUT2D eigenvalue weighted by Crippen LogP contribution is -2.46. The summed E-state index contributed by atoms with van der Waals surface area (Å²) in [5, 5.41) is 0. The zero-order chi connectivity index (χ0) is 10.6. The van der Waals surface area contributed by atoms with Crippen LogP contribution in [0.25, 0.3) is 0 Å². The number of morpholine rings is 1. The molecule has 2 fully saturated rings. The Hall–Kier alpha value is 0.230. The minimum atomic E-state index is 0.388. The predicted octanol–water partition coefficient (Wildman–Crippen LogP) is 1.05. The summed E-state index contributed by atoms with van der Waals surface area (Å²) in [6.07, 6.45) is 2.32. The third-order valence-electron chi connectivity index (χ3n) is 3.55. The van der Waals surface area contributed by atoms with Crippen LogP contribution in [0.15, 0.2) is 0 Å². The molecule has 0 saturated carbocycles. The van der Waals surface area contributed by atoms with Crippen molar-refractivity contribution in [3.05, 3.63) is 0 Å². The molecule has 2 aliphatic heterocycles. The number of thiol groups is 1. The molecule has 0 aliphatic carbocycles. The molecule has 0 N–H and O–H groups in total. The largest absolute Gasteiger partial charge is 0.381 e. The van der Waals surface area contributed by atoms with E-state index in [2.05, 4.69) is 17.5 Å². The van der Waals surface area contributed by atoms with Crippen LogP contribution >= 0.6 is 12.6 Å². The molecule has 0 bridgehead atoms. The van der Waals surface area contributed by atoms with Crippen LogP contribution in [0.3, 0.4) is 0 Å². The fourth-order valence-electron chi connectivity index (χ4n) is 2.40. The third-order valence-corrected chi connectivity index (χ3v) is 4.22. The monoisotopic (exact) mass is 231 g/mol. The third kappa shape index (κ3) is 3.09. The summed E-state index contributed by atoms with van der Waals surface area (Å²) in [4.78, 5) is 2.52. The van der Waals surface area contributed by atoms with Crippen molar-refractivity contribution in [2.24, 2.45) is 5.41 Å². The molecule has 2 rings (SSSR count). The van der Waals surface area contributed by atoms with E-state index < -0.39 is 0 Å². The van der Waals surface area contributed by atoms with Crippen LogP contribution < -0.4 is 0 Å². The number of hydrogen-bond donors (Lipinski definition) is 1. The summed E-state index contributed by atoms with van der Waals surface area (Å²) in [5.74, 6) is 0.980. The molecule has 0 atom stereocenters. The number of rotatable bonds is 3. The summed E-state index contributed by atoms with van der Waals surface area (Å²) in [6.45, 7) is 6.92. The quantitative estimate of drug-likeness (QED) is 0.734. The second-order valence-electron chi connectivity index (χ2n) is 4.66. The first-order valence-electron chi connectivity index (χ1n) is 5.83. The Balaban J connectivity index is 1.87. The lowest BCUT2D eigenvalue weighted by atomic mass is 9.81. The van der Waals surface area contributed by atoms with E-state index in [1.807, 2.05) is 0 Å². The maximum absolute atomic E-state index is 5.44. The molecule has 15 heavy (non-hydrogen) atoms. The molecule has 0 unspecified atom stereocenters. The topological polar surface area (TPSA) is 21.7 Å². The fraction of sp³-hybridized carbons (Fsp3) is 1.00. The van der Waals surface area contributed by atoms with E-state index >= 15 is 0 Å². The fourth-order valence-corrected chi connectivity index (χ4v) is 2.82. The second kappa shape index (κ2) is 5.53. The van der Waals surface area contributed by atoms with Crippen molar-refractivity contribution >= 4 is 12.6 Å². The summed E-state index contributed by atoms with van der Waals surface area (Å²) >= 11 is 4.54. The van der Waals surface area contributed by atoms with Crippen LogP contribution in [-0.2, 0) is 9.47 Å². The standard InChI is InChI=1S/C11H21NO2S/c15-10-11(1-5-13-6-2-11)9-12-3-7-14-8-4-12/h15H,1-10H2. The second-order valence-corrected chi connectivity index (χ2v) is 4.98. The Morgan fingerprint density at radius 1 is 1.00 bits per heavy atom. The van der Waals surface area contributed by atoms with Crippen LogP contribution in [-0.4, -0.2) is 56.7 Å². The van der Waals surface area contributed by atoms with E-state index in [9.17, 15) is 0 Å². The van der Waals surface area contributed by atoms with E-state index in [1.54, 1.807) is 0 Å². The van der Waals surface area contributed by atoms with Gasteiger partial charge in [0.1, 0.15) is 0 Å². The van der Waals surface area contributed by atoms with Crippen molar-refractivity contribution in [1.29, 1.82) is 0 Å². The molecule has 0 aromatic heterocycles. The summed E-state index contributed by atoms with van der Waals surface area (Å²) in [5.41, 5.74) is 0.388. The SMILES string of the molecule is SCC1(CN2CCOCC2)CCOCC1. The average molecular weight is 231 g/mol. The van der Waals surface area contributed by atoms with Gasteiger partial charge in [-0.2, -0.15) is 12.6 Å². The Labute approximate surface area is 97.5 Å². The van der Waals surface area contributed by atoms with Gasteiger partial charge in [0.2, 0.25) is 0 Å². The minimum Gasteiger partial charge on any atom is -0.381 e. The molecule has 0 amide bonds. The highest BCUT2D eigenvalue weighted by Gasteiger charge is 2.33. The van der Waals surface area contributed by atoms with E-state index in [-0.39, 0.29) is 0 Å². The molecule has 2 aliphatic rings. The Morgan fingerprint density at radius 3 is 2.20 bits per heavy atom. The smallest absolute Gasteiger partial charge is 0.0594 e. The van der Waals surface area contributed by atoms with Crippen molar-refractivity contribution in [2.45, 2.75) is 12.8 Å². The molecular formula is C11H21NO2S. The van der Waals surface area contributed by atoms with Crippen LogP contribution in [0, 0.1) is 5.41 Å². The number of hydrogen-bond acceptors (Lipinski definition) is 4. The lowest BCUT2D eigenvalue weighted by molar-refractivity contribution is -0.0198. The Morgan fingerprint density at radius 2 is 1.60 bits per heavy atom. The van der Waals surface area contributed by atoms with E-state index in [4.69, 9.17) is 9.47 Å². The van der Waals surface area contributed by atoms with Gasteiger partial charge < -0.3 is 9.47 Å². The van der Waals surface area contributed by atoms with Gasteiger partial charge in [0.05, 0.1) is 13.2 Å². The van der Waals surface area contributed by atoms with Gasteiger partial charge in [0, 0.05) is 32.8 Å². The van der Waals surface area contributed by atoms with Crippen molar-refractivity contribution in [3.63, 3.8) is 0 Å². The van der Waals surface area contributed by atoms with Gasteiger partial charge in [-0.05, 0) is 24.0 Å². The molecule has 0 aromatic carbocycles. The van der Waals surface area contributed by atoms with Crippen LogP contribution in [0.4, 0.5) is 0 Å². The van der Waals surface area contributed by atoms with Gasteiger partial charge >= 0.3 is 0 Å². The maximum Gasteiger partial charge on any atom is 0.0594 e. The van der Waals surface area contributed by atoms with Crippen molar-refractivity contribution in [2.75, 3.05) is 51.8 Å². The van der Waals surface area contributed by atoms with E-state index in [0.717, 1.165) is 58.1 Å². The van der Waals surface area contributed by atoms with Gasteiger partial charge in [-0.25, -0.2) is 0 Å². The van der Waals surface area contributed by atoms with Crippen molar-refractivity contribution in [1.82, 2.24) is 4.90 Å². The Kier molecular flexibility index (Phi) is 4.31. The van der Waals surface area contributed by atoms with E-state index in [0.29, 0.717) is 5.41 Å². The highest BCUT2D eigenvalue weighted by Crippen LogP contribution is 2.32. The van der Waals surface area contributed by atoms with Gasteiger partial charge in [-0.3, -0.25) is 4.90 Å². The first-order chi connectivity index (χ1) is 7.35. The van der Waals surface area contributed by atoms with Gasteiger partial charge in [0.15, 0.2) is 0 Å². The van der Waals surface area contributed by atoms with Gasteiger partial charge in [-0.1, -0.05) is 0 Å². The van der Waals surface area contributed by atoms with Crippen molar-refractivity contribution < 1.29 is 9.47 Å². The zero-order valence-corrected chi connectivity index (χ0v) is 10.2. The molecule has 88 valence electrons. The predicted molar refractivity (Wildman–Crippen MR) is 63.6 cm³/mol. The molecule has 0 spiro atoms. The number of nitrogens with zero attached hydrogens (tertiary/aromatic N) is 1. The molecule has 3 nitrogen and oxygen atoms in total. The Bertz CT molecular complexity index is 189. The summed E-state index contributed by atoms with van der Waals surface area (Å²) < 4.78 is 10.8. The van der Waals surface area contributed by atoms with Crippen molar-refractivity contribution in [3.8, 4) is 0 Å². The van der Waals surface area contributed by atoms with E-state index in [1.165, 1.54) is 6.54 Å². The molecule has 0 aromatic rings. The normalized spacial score (nSPS) is 27.8. The lowest BCUT2D eigenvalue weighted by Gasteiger charge is -2.41. The van der Waals surface area contributed by atoms with Gasteiger partial charge in [-0.15, -0.1) is 0 Å². The zero-order valence-electron chi connectivity index (χ0n) is 9.28. The molecule has 4 heteroatoms. The summed E-state index contributed by atoms with van der Waals surface area (Å²) in [7, 11) is 0. The molecule has 2 heterocycles.